The Bertz CT molecular complexity index is 756. The van der Waals surface area contributed by atoms with Crippen LogP contribution in [0.2, 0.25) is 0 Å². The van der Waals surface area contributed by atoms with Crippen LogP contribution < -0.4 is 15.3 Å². The van der Waals surface area contributed by atoms with E-state index >= 15 is 0 Å². The van der Waals surface area contributed by atoms with Gasteiger partial charge in [0.1, 0.15) is 24.7 Å². The van der Waals surface area contributed by atoms with Gasteiger partial charge in [-0.25, -0.2) is 0 Å². The van der Waals surface area contributed by atoms with Gasteiger partial charge in [0.2, 0.25) is 0 Å². The van der Waals surface area contributed by atoms with Gasteiger partial charge in [-0.15, -0.1) is 0 Å². The first kappa shape index (κ1) is 16.6. The fourth-order valence-electron chi connectivity index (χ4n) is 2.40. The highest BCUT2D eigenvalue weighted by Crippen LogP contribution is 2.24. The molecule has 0 bridgehead atoms. The van der Waals surface area contributed by atoms with Crippen LogP contribution in [0.3, 0.4) is 0 Å². The molecular weight excluding hydrogens is 312 g/mol. The highest BCUT2D eigenvalue weighted by atomic mass is 16.5. The number of hydrogen-bond donors (Lipinski definition) is 1. The highest BCUT2D eigenvalue weighted by molar-refractivity contribution is 5.80. The van der Waals surface area contributed by atoms with Gasteiger partial charge in [0, 0.05) is 11.6 Å². The Hall–Kier alpha value is -3.27. The van der Waals surface area contributed by atoms with Gasteiger partial charge in [0.05, 0.1) is 6.21 Å². The van der Waals surface area contributed by atoms with E-state index in [0.29, 0.717) is 24.7 Å². The maximum absolute atomic E-state index is 5.89. The molecule has 0 aromatic heterocycles. The van der Waals surface area contributed by atoms with Crippen molar-refractivity contribution in [2.75, 3.05) is 0 Å². The molecule has 0 aliphatic carbocycles. The average Bonchev–Trinajstić information content (AvgIpc) is 2.67. The van der Waals surface area contributed by atoms with Crippen molar-refractivity contribution >= 4 is 6.21 Å². The van der Waals surface area contributed by atoms with Gasteiger partial charge in [-0.05, 0) is 23.3 Å². The zero-order valence-electron chi connectivity index (χ0n) is 13.8. The largest absolute Gasteiger partial charge is 0.489 e. The van der Waals surface area contributed by atoms with Gasteiger partial charge in [-0.2, -0.15) is 5.10 Å². The molecule has 0 saturated carbocycles. The van der Waals surface area contributed by atoms with Crippen LogP contribution in [0.4, 0.5) is 0 Å². The average molecular weight is 332 g/mol. The summed E-state index contributed by atoms with van der Waals surface area (Å²) >= 11 is 0. The van der Waals surface area contributed by atoms with Gasteiger partial charge in [0.15, 0.2) is 0 Å². The molecule has 0 aliphatic heterocycles. The van der Waals surface area contributed by atoms with E-state index in [4.69, 9.17) is 15.3 Å². The fourth-order valence-corrected chi connectivity index (χ4v) is 2.40. The van der Waals surface area contributed by atoms with Crippen LogP contribution in [-0.2, 0) is 13.2 Å². The number of hydrazone groups is 1. The molecule has 126 valence electrons. The number of benzene rings is 3. The first-order valence-electron chi connectivity index (χ1n) is 8.05. The molecule has 25 heavy (non-hydrogen) atoms. The Morgan fingerprint density at radius 1 is 0.720 bits per heavy atom. The standard InChI is InChI=1S/C21H20N2O2/c22-23-14-19-11-20(24-15-17-7-3-1-4-8-17)13-21(12-19)25-16-18-9-5-2-6-10-18/h1-14H,15-16,22H2. The monoisotopic (exact) mass is 332 g/mol. The molecule has 0 atom stereocenters. The van der Waals surface area contributed by atoms with E-state index in [2.05, 4.69) is 5.10 Å². The zero-order valence-corrected chi connectivity index (χ0v) is 13.8. The summed E-state index contributed by atoms with van der Waals surface area (Å²) in [7, 11) is 0. The summed E-state index contributed by atoms with van der Waals surface area (Å²) in [6.45, 7) is 0.977. The quantitative estimate of drug-likeness (QED) is 0.402. The predicted molar refractivity (Wildman–Crippen MR) is 99.8 cm³/mol. The minimum Gasteiger partial charge on any atom is -0.489 e. The lowest BCUT2D eigenvalue weighted by molar-refractivity contribution is 0.290. The van der Waals surface area contributed by atoms with Gasteiger partial charge in [-0.1, -0.05) is 60.7 Å². The van der Waals surface area contributed by atoms with Crippen LogP contribution in [0, 0.1) is 0 Å². The second-order valence-electron chi connectivity index (χ2n) is 5.56. The fraction of sp³-hybridized carbons (Fsp3) is 0.0952. The summed E-state index contributed by atoms with van der Waals surface area (Å²) in [6.07, 6.45) is 1.57. The van der Waals surface area contributed by atoms with E-state index < -0.39 is 0 Å². The summed E-state index contributed by atoms with van der Waals surface area (Å²) in [5, 5.41) is 3.59. The number of rotatable bonds is 7. The van der Waals surface area contributed by atoms with Gasteiger partial charge in [0.25, 0.3) is 0 Å². The third kappa shape index (κ3) is 5.11. The number of nitrogens with zero attached hydrogens (tertiary/aromatic N) is 1. The molecule has 4 heteroatoms. The molecule has 2 N–H and O–H groups in total. The van der Waals surface area contributed by atoms with Crippen molar-refractivity contribution < 1.29 is 9.47 Å². The summed E-state index contributed by atoms with van der Waals surface area (Å²) in [6, 6.07) is 25.7. The molecule has 4 nitrogen and oxygen atoms in total. The molecular formula is C21H20N2O2. The van der Waals surface area contributed by atoms with E-state index in [1.54, 1.807) is 6.21 Å². The molecule has 0 fully saturated rings. The summed E-state index contributed by atoms with van der Waals surface area (Å²) < 4.78 is 11.8. The lowest BCUT2D eigenvalue weighted by Crippen LogP contribution is -1.99. The Labute approximate surface area is 147 Å². The second-order valence-corrected chi connectivity index (χ2v) is 5.56. The Morgan fingerprint density at radius 3 is 1.64 bits per heavy atom. The highest BCUT2D eigenvalue weighted by Gasteiger charge is 2.04. The molecule has 0 radical (unpaired) electrons. The molecule has 3 aromatic carbocycles. The van der Waals surface area contributed by atoms with Crippen molar-refractivity contribution in [2.24, 2.45) is 10.9 Å². The maximum Gasteiger partial charge on any atom is 0.124 e. The number of ether oxygens (including phenoxy) is 2. The topological polar surface area (TPSA) is 56.8 Å². The minimum absolute atomic E-state index is 0.488. The third-order valence-electron chi connectivity index (χ3n) is 3.62. The van der Waals surface area contributed by atoms with Crippen LogP contribution in [0.5, 0.6) is 11.5 Å². The van der Waals surface area contributed by atoms with E-state index in [1.165, 1.54) is 0 Å². The molecule has 3 aromatic rings. The third-order valence-corrected chi connectivity index (χ3v) is 3.62. The molecule has 3 rings (SSSR count). The molecule has 0 amide bonds. The second kappa shape index (κ2) is 8.55. The molecule has 0 unspecified atom stereocenters. The molecule has 0 heterocycles. The van der Waals surface area contributed by atoms with E-state index in [0.717, 1.165) is 16.7 Å². The van der Waals surface area contributed by atoms with Gasteiger partial charge in [-0.3, -0.25) is 0 Å². The summed E-state index contributed by atoms with van der Waals surface area (Å²) in [5.41, 5.74) is 3.04. The smallest absolute Gasteiger partial charge is 0.124 e. The first-order chi connectivity index (χ1) is 12.3. The molecule has 0 saturated heterocycles. The van der Waals surface area contributed by atoms with Crippen molar-refractivity contribution in [1.29, 1.82) is 0 Å². The Morgan fingerprint density at radius 2 is 1.20 bits per heavy atom. The Kier molecular flexibility index (Phi) is 5.67. The van der Waals surface area contributed by atoms with Gasteiger partial charge >= 0.3 is 0 Å². The van der Waals surface area contributed by atoms with Crippen LogP contribution in [-0.4, -0.2) is 6.21 Å². The lowest BCUT2D eigenvalue weighted by atomic mass is 10.2. The van der Waals surface area contributed by atoms with Crippen molar-refractivity contribution in [2.45, 2.75) is 13.2 Å². The lowest BCUT2D eigenvalue weighted by Gasteiger charge is -2.11. The van der Waals surface area contributed by atoms with E-state index in [1.807, 2.05) is 78.9 Å². The van der Waals surface area contributed by atoms with Crippen LogP contribution in [0.15, 0.2) is 84.0 Å². The predicted octanol–water partition coefficient (Wildman–Crippen LogP) is 4.14. The van der Waals surface area contributed by atoms with E-state index in [9.17, 15) is 0 Å². The van der Waals surface area contributed by atoms with Crippen LogP contribution in [0.1, 0.15) is 16.7 Å². The molecule has 0 aliphatic rings. The van der Waals surface area contributed by atoms with Crippen molar-refractivity contribution in [3.8, 4) is 11.5 Å². The number of hydrogen-bond acceptors (Lipinski definition) is 4. The SMILES string of the molecule is NN=Cc1cc(OCc2ccccc2)cc(OCc2ccccc2)c1. The van der Waals surface area contributed by atoms with Crippen molar-refractivity contribution in [3.63, 3.8) is 0 Å². The Balaban J connectivity index is 1.72. The number of nitrogens with two attached hydrogens (primary N) is 1. The van der Waals surface area contributed by atoms with Gasteiger partial charge < -0.3 is 15.3 Å². The van der Waals surface area contributed by atoms with Crippen molar-refractivity contribution in [3.05, 3.63) is 95.6 Å². The minimum atomic E-state index is 0.488. The summed E-state index contributed by atoms with van der Waals surface area (Å²) in [4.78, 5) is 0. The van der Waals surface area contributed by atoms with Crippen LogP contribution >= 0.6 is 0 Å². The van der Waals surface area contributed by atoms with Crippen molar-refractivity contribution in [1.82, 2.24) is 0 Å². The first-order valence-corrected chi connectivity index (χ1v) is 8.05. The zero-order chi connectivity index (χ0) is 17.3. The van der Waals surface area contributed by atoms with E-state index in [-0.39, 0.29) is 0 Å². The van der Waals surface area contributed by atoms with Crippen LogP contribution in [0.25, 0.3) is 0 Å². The maximum atomic E-state index is 5.89. The normalized spacial score (nSPS) is 10.7. The molecule has 0 spiro atoms. The summed E-state index contributed by atoms with van der Waals surface area (Å²) in [5.74, 6) is 6.70.